The van der Waals surface area contributed by atoms with Crippen LogP contribution in [0.3, 0.4) is 0 Å². The molecule has 3 rings (SSSR count). The van der Waals surface area contributed by atoms with Crippen LogP contribution in [0.25, 0.3) is 0 Å². The van der Waals surface area contributed by atoms with E-state index in [9.17, 15) is 23.5 Å². The number of rotatable bonds is 13. The number of hydrogen-bond donors (Lipinski definition) is 1. The molecule has 0 bridgehead atoms. The number of hydrogen-bond acceptors (Lipinski definition) is 8. The van der Waals surface area contributed by atoms with Gasteiger partial charge in [-0.1, -0.05) is 19.1 Å². The molecule has 0 aliphatic rings. The van der Waals surface area contributed by atoms with E-state index in [1.807, 2.05) is 0 Å². The maximum absolute atomic E-state index is 14.2. The smallest absolute Gasteiger partial charge is 0.309 e. The summed E-state index contributed by atoms with van der Waals surface area (Å²) in [5.41, 5.74) is 2.11. The standard InChI is InChI=1S/C30H33F2NO7/c1-17(12-25(34)28-29(35)26(39-5)10-11-33-28)30(36)40-18(2)27(23-8-6-21(31)13-19(23)15-37-3)24-9-7-22(32)14-20(24)16-38-4/h6-11,13-14,17-18,27,35H,12,15-16H2,1-5H3/t17-,18+/m1/s1. The predicted molar refractivity (Wildman–Crippen MR) is 142 cm³/mol. The summed E-state index contributed by atoms with van der Waals surface area (Å²) in [5, 5.41) is 10.3. The molecule has 10 heteroatoms. The number of aromatic hydroxyl groups is 1. The molecule has 0 spiro atoms. The lowest BCUT2D eigenvalue weighted by Gasteiger charge is -2.29. The highest BCUT2D eigenvalue weighted by molar-refractivity contribution is 5.99. The summed E-state index contributed by atoms with van der Waals surface area (Å²) >= 11 is 0. The van der Waals surface area contributed by atoms with Crippen molar-refractivity contribution in [3.63, 3.8) is 0 Å². The molecule has 0 radical (unpaired) electrons. The number of carbonyl (C=O) groups is 2. The lowest BCUT2D eigenvalue weighted by molar-refractivity contribution is -0.153. The third-order valence-corrected chi connectivity index (χ3v) is 6.52. The first-order chi connectivity index (χ1) is 19.1. The van der Waals surface area contributed by atoms with Crippen LogP contribution in [0.2, 0.25) is 0 Å². The van der Waals surface area contributed by atoms with E-state index in [1.54, 1.807) is 19.1 Å². The largest absolute Gasteiger partial charge is 0.503 e. The second-order valence-electron chi connectivity index (χ2n) is 9.41. The summed E-state index contributed by atoms with van der Waals surface area (Å²) in [6.45, 7) is 3.38. The first-order valence-corrected chi connectivity index (χ1v) is 12.6. The van der Waals surface area contributed by atoms with Gasteiger partial charge < -0.3 is 24.1 Å². The Bertz CT molecular complexity index is 1290. The van der Waals surface area contributed by atoms with E-state index in [4.69, 9.17) is 18.9 Å². The van der Waals surface area contributed by atoms with Crippen molar-refractivity contribution in [2.24, 2.45) is 5.92 Å². The highest BCUT2D eigenvalue weighted by Crippen LogP contribution is 2.36. The number of methoxy groups -OCH3 is 3. The fourth-order valence-electron chi connectivity index (χ4n) is 4.62. The minimum atomic E-state index is -0.888. The molecule has 0 amide bonds. The maximum atomic E-state index is 14.2. The number of carbonyl (C=O) groups excluding carboxylic acids is 2. The molecule has 1 N–H and O–H groups in total. The van der Waals surface area contributed by atoms with Gasteiger partial charge >= 0.3 is 5.97 Å². The SMILES string of the molecule is COCc1cc(F)ccc1C(c1ccc(F)cc1COC)[C@H](C)OC(=O)[C@H](C)CC(=O)c1nccc(OC)c1O. The van der Waals surface area contributed by atoms with Gasteiger partial charge in [0.1, 0.15) is 17.7 Å². The predicted octanol–water partition coefficient (Wildman–Crippen LogP) is 5.34. The fourth-order valence-corrected chi connectivity index (χ4v) is 4.62. The highest BCUT2D eigenvalue weighted by Gasteiger charge is 2.31. The molecule has 8 nitrogen and oxygen atoms in total. The van der Waals surface area contributed by atoms with Gasteiger partial charge in [-0.05, 0) is 53.4 Å². The van der Waals surface area contributed by atoms with Gasteiger partial charge in [0.2, 0.25) is 0 Å². The van der Waals surface area contributed by atoms with Crippen molar-refractivity contribution in [3.05, 3.63) is 88.2 Å². The number of halogens is 2. The first kappa shape index (κ1) is 30.6. The van der Waals surface area contributed by atoms with Gasteiger partial charge in [0, 0.05) is 38.8 Å². The Kier molecular flexibility index (Phi) is 10.7. The molecule has 1 heterocycles. The fraction of sp³-hybridized carbons (Fsp3) is 0.367. The lowest BCUT2D eigenvalue weighted by atomic mass is 9.82. The van der Waals surface area contributed by atoms with E-state index in [0.29, 0.717) is 22.3 Å². The maximum Gasteiger partial charge on any atom is 0.309 e. The van der Waals surface area contributed by atoms with Crippen LogP contribution in [0.1, 0.15) is 58.9 Å². The van der Waals surface area contributed by atoms with Crippen LogP contribution in [-0.2, 0) is 32.2 Å². The zero-order chi connectivity index (χ0) is 29.4. The third-order valence-electron chi connectivity index (χ3n) is 6.52. The zero-order valence-corrected chi connectivity index (χ0v) is 23.1. The molecule has 3 aromatic rings. The van der Waals surface area contributed by atoms with Crippen molar-refractivity contribution < 1.29 is 42.4 Å². The second-order valence-corrected chi connectivity index (χ2v) is 9.41. The van der Waals surface area contributed by atoms with Gasteiger partial charge in [0.05, 0.1) is 26.2 Å². The Balaban J connectivity index is 1.93. The molecule has 2 atom stereocenters. The van der Waals surface area contributed by atoms with E-state index in [-0.39, 0.29) is 31.1 Å². The molecule has 1 aromatic heterocycles. The van der Waals surface area contributed by atoms with Crippen molar-refractivity contribution in [1.82, 2.24) is 4.98 Å². The van der Waals surface area contributed by atoms with Crippen LogP contribution < -0.4 is 4.74 Å². The van der Waals surface area contributed by atoms with Crippen molar-refractivity contribution in [2.45, 2.75) is 45.5 Å². The quantitative estimate of drug-likeness (QED) is 0.222. The zero-order valence-electron chi connectivity index (χ0n) is 23.1. The van der Waals surface area contributed by atoms with Crippen molar-refractivity contribution >= 4 is 11.8 Å². The molecular weight excluding hydrogens is 524 g/mol. The van der Waals surface area contributed by atoms with E-state index >= 15 is 0 Å². The van der Waals surface area contributed by atoms with Gasteiger partial charge in [-0.25, -0.2) is 13.8 Å². The average molecular weight is 558 g/mol. The molecular formula is C30H33F2NO7. The van der Waals surface area contributed by atoms with Gasteiger partial charge in [-0.3, -0.25) is 9.59 Å². The van der Waals surface area contributed by atoms with Gasteiger partial charge in [0.15, 0.2) is 23.0 Å². The van der Waals surface area contributed by atoms with Gasteiger partial charge in [0.25, 0.3) is 0 Å². The minimum absolute atomic E-state index is 0.0855. The number of Topliss-reactive ketones (excluding diaryl/α,β-unsaturated/α-hetero) is 1. The normalized spacial score (nSPS) is 12.7. The number of ketones is 1. The van der Waals surface area contributed by atoms with E-state index in [0.717, 1.165) is 0 Å². The van der Waals surface area contributed by atoms with Gasteiger partial charge in [-0.2, -0.15) is 0 Å². The number of ether oxygens (including phenoxy) is 4. The van der Waals surface area contributed by atoms with Crippen LogP contribution in [-0.4, -0.2) is 49.3 Å². The summed E-state index contributed by atoms with van der Waals surface area (Å²) in [5.74, 6) is -4.01. The summed E-state index contributed by atoms with van der Waals surface area (Å²) < 4.78 is 49.8. The number of aromatic nitrogens is 1. The summed E-state index contributed by atoms with van der Waals surface area (Å²) in [6, 6.07) is 9.86. The third kappa shape index (κ3) is 7.19. The Labute approximate surface area is 231 Å². The minimum Gasteiger partial charge on any atom is -0.503 e. The van der Waals surface area contributed by atoms with E-state index in [2.05, 4.69) is 4.98 Å². The number of pyridine rings is 1. The Morgan fingerprint density at radius 2 is 1.45 bits per heavy atom. The van der Waals surface area contributed by atoms with Crippen LogP contribution in [0.5, 0.6) is 11.5 Å². The molecule has 0 saturated carbocycles. The topological polar surface area (TPSA) is 104 Å². The van der Waals surface area contributed by atoms with Gasteiger partial charge in [-0.15, -0.1) is 0 Å². The summed E-state index contributed by atoms with van der Waals surface area (Å²) in [4.78, 5) is 29.9. The average Bonchev–Trinajstić information content (AvgIpc) is 2.91. The molecule has 40 heavy (non-hydrogen) atoms. The summed E-state index contributed by atoms with van der Waals surface area (Å²) in [6.07, 6.45) is 0.221. The molecule has 2 aromatic carbocycles. The number of esters is 1. The Hall–Kier alpha value is -3.89. The highest BCUT2D eigenvalue weighted by atomic mass is 19.1. The molecule has 0 aliphatic carbocycles. The molecule has 0 fully saturated rings. The Morgan fingerprint density at radius 1 is 0.900 bits per heavy atom. The van der Waals surface area contributed by atoms with Crippen molar-refractivity contribution in [3.8, 4) is 11.5 Å². The monoisotopic (exact) mass is 557 g/mol. The molecule has 0 unspecified atom stereocenters. The molecule has 0 saturated heterocycles. The Morgan fingerprint density at radius 3 is 1.95 bits per heavy atom. The van der Waals surface area contributed by atoms with Crippen LogP contribution in [0.4, 0.5) is 8.78 Å². The number of nitrogens with zero attached hydrogens (tertiary/aromatic N) is 1. The number of benzene rings is 2. The van der Waals surface area contributed by atoms with Crippen LogP contribution >= 0.6 is 0 Å². The second kappa shape index (κ2) is 14.0. The van der Waals surface area contributed by atoms with Crippen LogP contribution in [0, 0.1) is 17.6 Å². The van der Waals surface area contributed by atoms with Crippen molar-refractivity contribution in [2.75, 3.05) is 21.3 Å². The van der Waals surface area contributed by atoms with E-state index < -0.39 is 47.1 Å². The lowest BCUT2D eigenvalue weighted by Crippen LogP contribution is -2.29. The van der Waals surface area contributed by atoms with Crippen molar-refractivity contribution in [1.29, 1.82) is 0 Å². The summed E-state index contributed by atoms with van der Waals surface area (Å²) in [7, 11) is 4.31. The van der Waals surface area contributed by atoms with E-state index in [1.165, 1.54) is 64.8 Å². The molecule has 0 aliphatic heterocycles. The van der Waals surface area contributed by atoms with Crippen LogP contribution in [0.15, 0.2) is 48.7 Å². The first-order valence-electron chi connectivity index (χ1n) is 12.6. The molecule has 214 valence electrons.